The third-order valence-electron chi connectivity index (χ3n) is 4.93. The van der Waals surface area contributed by atoms with Gasteiger partial charge in [0.05, 0.1) is 11.3 Å². The molecule has 0 saturated carbocycles. The van der Waals surface area contributed by atoms with Crippen LogP contribution in [-0.4, -0.2) is 25.9 Å². The highest BCUT2D eigenvalue weighted by atomic mass is 32.2. The Kier molecular flexibility index (Phi) is 6.46. The first-order valence-corrected chi connectivity index (χ1v) is 12.2. The molecule has 0 fully saturated rings. The summed E-state index contributed by atoms with van der Waals surface area (Å²) in [5.74, 6) is 0.0472. The zero-order valence-corrected chi connectivity index (χ0v) is 19.4. The first-order chi connectivity index (χ1) is 16.7. The first kappa shape index (κ1) is 22.0. The third kappa shape index (κ3) is 5.05. The zero-order valence-electron chi connectivity index (χ0n) is 17.8. The molecule has 5 rings (SSSR count). The van der Waals surface area contributed by atoms with E-state index < -0.39 is 0 Å². The second kappa shape index (κ2) is 9.98. The van der Waals surface area contributed by atoms with E-state index in [0.29, 0.717) is 22.0 Å². The van der Waals surface area contributed by atoms with Crippen molar-refractivity contribution >= 4 is 34.1 Å². The van der Waals surface area contributed by atoms with Gasteiger partial charge in [-0.2, -0.15) is 5.10 Å². The van der Waals surface area contributed by atoms with Crippen LogP contribution in [0, 0.1) is 5.82 Å². The van der Waals surface area contributed by atoms with E-state index in [2.05, 4.69) is 32.7 Å². The molecule has 168 valence electrons. The van der Waals surface area contributed by atoms with Gasteiger partial charge in [-0.1, -0.05) is 71.6 Å². The van der Waals surface area contributed by atoms with Crippen molar-refractivity contribution in [2.45, 2.75) is 10.1 Å². The van der Waals surface area contributed by atoms with Crippen molar-refractivity contribution in [2.24, 2.45) is 0 Å². The van der Waals surface area contributed by atoms with Gasteiger partial charge < -0.3 is 0 Å². The SMILES string of the molecule is O=C(Nc1nnc(SCc2ccccc2)s1)c1cn(-c2ccccc2)nc1-c1ccc(F)cc1. The zero-order chi connectivity index (χ0) is 23.3. The molecule has 1 amide bonds. The second-order valence-corrected chi connectivity index (χ2v) is 9.48. The average molecular weight is 488 g/mol. The van der Waals surface area contributed by atoms with Crippen LogP contribution in [0.5, 0.6) is 0 Å². The number of benzene rings is 3. The van der Waals surface area contributed by atoms with Crippen LogP contribution >= 0.6 is 23.1 Å². The Morgan fingerprint density at radius 2 is 1.65 bits per heavy atom. The standard InChI is InChI=1S/C25H18FN5OS2/c26-19-13-11-18(12-14-19)22-21(15-31(30-22)20-9-5-2-6-10-20)23(32)27-24-28-29-25(34-24)33-16-17-7-3-1-4-8-17/h1-15H,16H2,(H,27,28,32). The Morgan fingerprint density at radius 1 is 0.941 bits per heavy atom. The largest absolute Gasteiger partial charge is 0.296 e. The van der Waals surface area contributed by atoms with Gasteiger partial charge in [-0.15, -0.1) is 10.2 Å². The van der Waals surface area contributed by atoms with Crippen molar-refractivity contribution in [3.05, 3.63) is 108 Å². The molecule has 0 bridgehead atoms. The Labute approximate surface area is 203 Å². The summed E-state index contributed by atoms with van der Waals surface area (Å²) in [4.78, 5) is 13.2. The van der Waals surface area contributed by atoms with Crippen molar-refractivity contribution in [3.8, 4) is 16.9 Å². The van der Waals surface area contributed by atoms with Gasteiger partial charge in [0.25, 0.3) is 5.91 Å². The lowest BCUT2D eigenvalue weighted by Gasteiger charge is -2.02. The molecule has 6 nitrogen and oxygen atoms in total. The highest BCUT2D eigenvalue weighted by Gasteiger charge is 2.20. The number of hydrogen-bond donors (Lipinski definition) is 1. The van der Waals surface area contributed by atoms with E-state index in [1.54, 1.807) is 34.8 Å². The molecule has 0 atom stereocenters. The van der Waals surface area contributed by atoms with Gasteiger partial charge in [0.2, 0.25) is 5.13 Å². The molecular formula is C25H18FN5OS2. The number of amides is 1. The normalized spacial score (nSPS) is 10.9. The molecule has 0 saturated heterocycles. The maximum atomic E-state index is 13.5. The summed E-state index contributed by atoms with van der Waals surface area (Å²) in [6, 6.07) is 25.5. The molecule has 34 heavy (non-hydrogen) atoms. The number of para-hydroxylation sites is 1. The maximum absolute atomic E-state index is 13.5. The summed E-state index contributed by atoms with van der Waals surface area (Å²) in [5, 5.41) is 16.1. The quantitative estimate of drug-likeness (QED) is 0.223. The molecule has 2 aromatic heterocycles. The summed E-state index contributed by atoms with van der Waals surface area (Å²) in [6.07, 6.45) is 1.66. The van der Waals surface area contributed by atoms with Crippen LogP contribution in [0.3, 0.4) is 0 Å². The Morgan fingerprint density at radius 3 is 2.38 bits per heavy atom. The first-order valence-electron chi connectivity index (χ1n) is 10.4. The number of carbonyl (C=O) groups excluding carboxylic acids is 1. The summed E-state index contributed by atoms with van der Waals surface area (Å²) in [5.41, 5.74) is 3.43. The predicted molar refractivity (Wildman–Crippen MR) is 133 cm³/mol. The van der Waals surface area contributed by atoms with E-state index in [-0.39, 0.29) is 11.7 Å². The molecule has 5 aromatic rings. The van der Waals surface area contributed by atoms with Crippen LogP contribution < -0.4 is 5.32 Å². The van der Waals surface area contributed by atoms with Gasteiger partial charge in [-0.05, 0) is 42.0 Å². The smallest absolute Gasteiger partial charge is 0.261 e. The molecule has 0 aliphatic carbocycles. The number of hydrogen-bond acceptors (Lipinski definition) is 6. The number of nitrogens with one attached hydrogen (secondary N) is 1. The van der Waals surface area contributed by atoms with Crippen molar-refractivity contribution < 1.29 is 9.18 Å². The maximum Gasteiger partial charge on any atom is 0.261 e. The van der Waals surface area contributed by atoms with E-state index in [0.717, 1.165) is 15.8 Å². The van der Waals surface area contributed by atoms with Crippen molar-refractivity contribution in [1.29, 1.82) is 0 Å². The Bertz CT molecular complexity index is 1400. The average Bonchev–Trinajstić information content (AvgIpc) is 3.52. The fourth-order valence-corrected chi connectivity index (χ4v) is 4.98. The Hall–Kier alpha value is -3.82. The molecule has 3 aromatic carbocycles. The fraction of sp³-hybridized carbons (Fsp3) is 0.0400. The van der Waals surface area contributed by atoms with E-state index in [1.165, 1.54) is 29.0 Å². The Balaban J connectivity index is 1.38. The number of rotatable bonds is 7. The monoisotopic (exact) mass is 487 g/mol. The predicted octanol–water partition coefficient (Wildman–Crippen LogP) is 6.07. The topological polar surface area (TPSA) is 72.7 Å². The molecule has 0 unspecified atom stereocenters. The molecule has 2 heterocycles. The lowest BCUT2D eigenvalue weighted by atomic mass is 10.1. The molecule has 0 radical (unpaired) electrons. The number of halogens is 1. The molecule has 0 aliphatic heterocycles. The van der Waals surface area contributed by atoms with E-state index in [4.69, 9.17) is 0 Å². The van der Waals surface area contributed by atoms with Crippen LogP contribution in [0.15, 0.2) is 95.5 Å². The number of thioether (sulfide) groups is 1. The van der Waals surface area contributed by atoms with Crippen LogP contribution in [-0.2, 0) is 5.75 Å². The summed E-state index contributed by atoms with van der Waals surface area (Å²) in [6.45, 7) is 0. The van der Waals surface area contributed by atoms with Gasteiger partial charge in [-0.3, -0.25) is 10.1 Å². The van der Waals surface area contributed by atoms with E-state index in [1.807, 2.05) is 48.5 Å². The minimum absolute atomic E-state index is 0.351. The molecule has 1 N–H and O–H groups in total. The highest BCUT2D eigenvalue weighted by Crippen LogP contribution is 2.30. The lowest BCUT2D eigenvalue weighted by Crippen LogP contribution is -2.12. The molecular weight excluding hydrogens is 469 g/mol. The van der Waals surface area contributed by atoms with Crippen LogP contribution in [0.4, 0.5) is 9.52 Å². The minimum Gasteiger partial charge on any atom is -0.296 e. The van der Waals surface area contributed by atoms with Crippen molar-refractivity contribution in [2.75, 3.05) is 5.32 Å². The number of nitrogens with zero attached hydrogens (tertiary/aromatic N) is 4. The van der Waals surface area contributed by atoms with E-state index in [9.17, 15) is 9.18 Å². The second-order valence-electron chi connectivity index (χ2n) is 7.28. The van der Waals surface area contributed by atoms with Crippen molar-refractivity contribution in [1.82, 2.24) is 20.0 Å². The minimum atomic E-state index is -0.364. The van der Waals surface area contributed by atoms with Crippen molar-refractivity contribution in [3.63, 3.8) is 0 Å². The highest BCUT2D eigenvalue weighted by molar-refractivity contribution is 8.00. The number of carbonyl (C=O) groups is 1. The van der Waals surface area contributed by atoms with Gasteiger partial charge in [0.1, 0.15) is 11.5 Å². The van der Waals surface area contributed by atoms with Crippen LogP contribution in [0.25, 0.3) is 16.9 Å². The van der Waals surface area contributed by atoms with Gasteiger partial charge in [0, 0.05) is 17.5 Å². The summed E-state index contributed by atoms with van der Waals surface area (Å²) in [7, 11) is 0. The molecule has 0 spiro atoms. The molecule has 0 aliphatic rings. The van der Waals surface area contributed by atoms with Gasteiger partial charge in [0.15, 0.2) is 4.34 Å². The third-order valence-corrected chi connectivity index (χ3v) is 6.97. The molecule has 9 heteroatoms. The lowest BCUT2D eigenvalue weighted by molar-refractivity contribution is 0.102. The van der Waals surface area contributed by atoms with Crippen LogP contribution in [0.2, 0.25) is 0 Å². The summed E-state index contributed by atoms with van der Waals surface area (Å²) < 4.78 is 15.9. The van der Waals surface area contributed by atoms with Gasteiger partial charge in [-0.25, -0.2) is 9.07 Å². The number of aromatic nitrogens is 4. The van der Waals surface area contributed by atoms with Gasteiger partial charge >= 0.3 is 0 Å². The fourth-order valence-electron chi connectivity index (χ4n) is 3.28. The van der Waals surface area contributed by atoms with E-state index >= 15 is 0 Å². The summed E-state index contributed by atoms with van der Waals surface area (Å²) >= 11 is 2.88. The number of anilines is 1. The van der Waals surface area contributed by atoms with Crippen LogP contribution in [0.1, 0.15) is 15.9 Å².